The van der Waals surface area contributed by atoms with Gasteiger partial charge < -0.3 is 5.32 Å². The van der Waals surface area contributed by atoms with Crippen LogP contribution in [-0.2, 0) is 0 Å². The first-order valence-electron chi connectivity index (χ1n) is 6.16. The van der Waals surface area contributed by atoms with Gasteiger partial charge in [0.15, 0.2) is 0 Å². The number of nitrogens with zero attached hydrogens (tertiary/aromatic N) is 3. The molecule has 0 bridgehead atoms. The molecular weight excluding hydrogens is 236 g/mol. The van der Waals surface area contributed by atoms with E-state index in [1.807, 2.05) is 31.4 Å². The summed E-state index contributed by atoms with van der Waals surface area (Å²) in [6, 6.07) is 10.2. The number of nitrogens with one attached hydrogen (secondary N) is 1. The lowest BCUT2D eigenvalue weighted by atomic mass is 10.0. The second-order valence-corrected chi connectivity index (χ2v) is 4.31. The molecule has 4 heteroatoms. The molecular formula is C15H14N4. The van der Waals surface area contributed by atoms with Gasteiger partial charge >= 0.3 is 0 Å². The summed E-state index contributed by atoms with van der Waals surface area (Å²) in [4.78, 5) is 13.0. The van der Waals surface area contributed by atoms with Gasteiger partial charge in [0.05, 0.1) is 23.4 Å². The van der Waals surface area contributed by atoms with Crippen molar-refractivity contribution in [3.8, 4) is 0 Å². The Morgan fingerprint density at radius 3 is 2.74 bits per heavy atom. The molecule has 0 spiro atoms. The molecule has 0 aliphatic carbocycles. The second-order valence-electron chi connectivity index (χ2n) is 4.31. The van der Waals surface area contributed by atoms with Crippen LogP contribution in [0.25, 0.3) is 10.9 Å². The van der Waals surface area contributed by atoms with Crippen molar-refractivity contribution in [2.24, 2.45) is 0 Å². The van der Waals surface area contributed by atoms with Gasteiger partial charge in [0, 0.05) is 24.0 Å². The molecule has 1 aromatic carbocycles. The van der Waals surface area contributed by atoms with Crippen LogP contribution in [0.1, 0.15) is 17.3 Å². The zero-order valence-electron chi connectivity index (χ0n) is 10.6. The van der Waals surface area contributed by atoms with Crippen LogP contribution >= 0.6 is 0 Å². The number of benzene rings is 1. The van der Waals surface area contributed by atoms with Crippen LogP contribution in [0.3, 0.4) is 0 Å². The van der Waals surface area contributed by atoms with E-state index < -0.39 is 0 Å². The maximum atomic E-state index is 4.49. The summed E-state index contributed by atoms with van der Waals surface area (Å²) in [7, 11) is 1.91. The molecule has 2 heterocycles. The summed E-state index contributed by atoms with van der Waals surface area (Å²) >= 11 is 0. The molecule has 0 aliphatic heterocycles. The quantitative estimate of drug-likeness (QED) is 0.775. The highest BCUT2D eigenvalue weighted by Gasteiger charge is 2.14. The van der Waals surface area contributed by atoms with Gasteiger partial charge in [0.1, 0.15) is 0 Å². The molecule has 3 rings (SSSR count). The third-order valence-corrected chi connectivity index (χ3v) is 3.11. The molecule has 0 saturated carbocycles. The fraction of sp³-hybridized carbons (Fsp3) is 0.133. The average Bonchev–Trinajstić information content (AvgIpc) is 2.49. The monoisotopic (exact) mass is 250 g/mol. The average molecular weight is 250 g/mol. The van der Waals surface area contributed by atoms with E-state index in [1.165, 1.54) is 0 Å². The van der Waals surface area contributed by atoms with Gasteiger partial charge in [0.2, 0.25) is 0 Å². The topological polar surface area (TPSA) is 50.7 Å². The van der Waals surface area contributed by atoms with E-state index >= 15 is 0 Å². The Bertz CT molecular complexity index is 682. The molecule has 0 radical (unpaired) electrons. The summed E-state index contributed by atoms with van der Waals surface area (Å²) in [6.45, 7) is 0. The van der Waals surface area contributed by atoms with Gasteiger partial charge in [-0.15, -0.1) is 0 Å². The van der Waals surface area contributed by atoms with E-state index in [9.17, 15) is 0 Å². The zero-order valence-corrected chi connectivity index (χ0v) is 10.6. The largest absolute Gasteiger partial charge is 0.308 e. The minimum atomic E-state index is 0.00538. The Hall–Kier alpha value is -2.33. The van der Waals surface area contributed by atoms with Crippen LogP contribution in [0.5, 0.6) is 0 Å². The molecule has 3 aromatic rings. The maximum Gasteiger partial charge on any atom is 0.0801 e. The molecule has 4 nitrogen and oxygen atoms in total. The van der Waals surface area contributed by atoms with Crippen molar-refractivity contribution in [1.82, 2.24) is 20.3 Å². The van der Waals surface area contributed by atoms with Crippen molar-refractivity contribution in [2.75, 3.05) is 7.05 Å². The first-order valence-corrected chi connectivity index (χ1v) is 6.16. The van der Waals surface area contributed by atoms with Crippen LogP contribution in [0.2, 0.25) is 0 Å². The van der Waals surface area contributed by atoms with Crippen molar-refractivity contribution < 1.29 is 0 Å². The smallest absolute Gasteiger partial charge is 0.0801 e. The van der Waals surface area contributed by atoms with Gasteiger partial charge in [-0.2, -0.15) is 0 Å². The summed E-state index contributed by atoms with van der Waals surface area (Å²) in [5.74, 6) is 0. The lowest BCUT2D eigenvalue weighted by Crippen LogP contribution is -2.19. The molecule has 1 unspecified atom stereocenters. The minimum absolute atomic E-state index is 0.00538. The Kier molecular flexibility index (Phi) is 3.16. The third-order valence-electron chi connectivity index (χ3n) is 3.11. The van der Waals surface area contributed by atoms with E-state index in [0.717, 1.165) is 22.2 Å². The van der Waals surface area contributed by atoms with Gasteiger partial charge in [0.25, 0.3) is 0 Å². The highest BCUT2D eigenvalue weighted by atomic mass is 14.9. The van der Waals surface area contributed by atoms with Crippen molar-refractivity contribution in [1.29, 1.82) is 0 Å². The molecule has 1 atom stereocenters. The number of para-hydroxylation sites is 1. The number of hydrogen-bond acceptors (Lipinski definition) is 4. The van der Waals surface area contributed by atoms with E-state index in [4.69, 9.17) is 0 Å². The predicted octanol–water partition coefficient (Wildman–Crippen LogP) is 2.33. The van der Waals surface area contributed by atoms with Crippen molar-refractivity contribution >= 4 is 10.9 Å². The molecule has 94 valence electrons. The first-order chi connectivity index (χ1) is 9.38. The number of aromatic nitrogens is 3. The summed E-state index contributed by atoms with van der Waals surface area (Å²) in [5, 5.41) is 4.39. The molecule has 0 aliphatic rings. The van der Waals surface area contributed by atoms with E-state index in [-0.39, 0.29) is 6.04 Å². The molecule has 2 aromatic heterocycles. The molecule has 0 fully saturated rings. The Balaban J connectivity index is 2.06. The molecule has 1 N–H and O–H groups in total. The van der Waals surface area contributed by atoms with Crippen LogP contribution < -0.4 is 5.32 Å². The fourth-order valence-electron chi connectivity index (χ4n) is 2.19. The third kappa shape index (κ3) is 2.30. The highest BCUT2D eigenvalue weighted by molar-refractivity contribution is 5.78. The number of hydrogen-bond donors (Lipinski definition) is 1. The van der Waals surface area contributed by atoms with Gasteiger partial charge in [-0.25, -0.2) is 0 Å². The minimum Gasteiger partial charge on any atom is -0.308 e. The summed E-state index contributed by atoms with van der Waals surface area (Å²) in [5.41, 5.74) is 2.98. The van der Waals surface area contributed by atoms with Crippen molar-refractivity contribution in [2.45, 2.75) is 6.04 Å². The van der Waals surface area contributed by atoms with Gasteiger partial charge in [-0.3, -0.25) is 15.0 Å². The second kappa shape index (κ2) is 5.12. The summed E-state index contributed by atoms with van der Waals surface area (Å²) < 4.78 is 0. The number of rotatable bonds is 3. The van der Waals surface area contributed by atoms with E-state index in [0.29, 0.717) is 0 Å². The van der Waals surface area contributed by atoms with Crippen LogP contribution in [0, 0.1) is 0 Å². The first kappa shape index (κ1) is 11.7. The van der Waals surface area contributed by atoms with E-state index in [1.54, 1.807) is 18.6 Å². The van der Waals surface area contributed by atoms with Crippen LogP contribution in [-0.4, -0.2) is 22.0 Å². The molecule has 0 amide bonds. The Morgan fingerprint density at radius 2 is 1.95 bits per heavy atom. The van der Waals surface area contributed by atoms with E-state index in [2.05, 4.69) is 32.4 Å². The predicted molar refractivity (Wildman–Crippen MR) is 74.7 cm³/mol. The maximum absolute atomic E-state index is 4.49. The van der Waals surface area contributed by atoms with Gasteiger partial charge in [-0.05, 0) is 24.7 Å². The molecule has 0 saturated heterocycles. The normalized spacial score (nSPS) is 12.5. The fourth-order valence-corrected chi connectivity index (χ4v) is 2.19. The van der Waals surface area contributed by atoms with Crippen molar-refractivity contribution in [3.05, 3.63) is 66.4 Å². The van der Waals surface area contributed by atoms with Crippen molar-refractivity contribution in [3.63, 3.8) is 0 Å². The van der Waals surface area contributed by atoms with Crippen LogP contribution in [0.4, 0.5) is 0 Å². The lowest BCUT2D eigenvalue weighted by molar-refractivity contribution is 0.665. The summed E-state index contributed by atoms with van der Waals surface area (Å²) in [6.07, 6.45) is 7.04. The van der Waals surface area contributed by atoms with Crippen LogP contribution in [0.15, 0.2) is 55.1 Å². The highest BCUT2D eigenvalue weighted by Crippen LogP contribution is 2.22. The number of fused-ring (bicyclic) bond motifs is 1. The Morgan fingerprint density at radius 1 is 1.05 bits per heavy atom. The van der Waals surface area contributed by atoms with Gasteiger partial charge in [-0.1, -0.05) is 18.2 Å². The lowest BCUT2D eigenvalue weighted by Gasteiger charge is -2.15. The standard InChI is InChI=1S/C15H14N4/c1-16-15(14-10-17-6-7-18-14)12-8-11-4-2-3-5-13(11)19-9-12/h2-10,15-16H,1H3. The number of pyridine rings is 1. The Labute approximate surface area is 111 Å². The molecule has 19 heavy (non-hydrogen) atoms. The SMILES string of the molecule is CNC(c1cnc2ccccc2c1)c1cnccn1. The zero-order chi connectivity index (χ0) is 13.1.